The predicted molar refractivity (Wildman–Crippen MR) is 75.2 cm³/mol. The number of carboxylic acid groups (broad SMARTS) is 1. The molecule has 1 fully saturated rings. The van der Waals surface area contributed by atoms with E-state index in [1.165, 1.54) is 0 Å². The monoisotopic (exact) mass is 299 g/mol. The Kier molecular flexibility index (Phi) is 5.69. The number of guanidine groups is 1. The summed E-state index contributed by atoms with van der Waals surface area (Å²) in [5, 5.41) is 10.9. The second-order valence-electron chi connectivity index (χ2n) is 5.81. The number of amides is 2. The van der Waals surface area contributed by atoms with Crippen LogP contribution < -0.4 is 5.32 Å². The number of nitrogens with one attached hydrogen (secondary N) is 1. The Morgan fingerprint density at radius 1 is 1.33 bits per heavy atom. The van der Waals surface area contributed by atoms with Crippen molar-refractivity contribution in [1.82, 2.24) is 10.2 Å². The number of aldehydes is 1. The van der Waals surface area contributed by atoms with E-state index in [2.05, 4.69) is 10.3 Å². The molecule has 1 aliphatic rings. The summed E-state index contributed by atoms with van der Waals surface area (Å²) in [5.41, 5.74) is -0.709. The van der Waals surface area contributed by atoms with Crippen LogP contribution in [0.4, 0.5) is 9.59 Å². The molecule has 1 aliphatic heterocycles. The molecule has 0 saturated carbocycles. The third kappa shape index (κ3) is 6.24. The second-order valence-corrected chi connectivity index (χ2v) is 5.81. The van der Waals surface area contributed by atoms with E-state index in [1.807, 2.05) is 0 Å². The molecular weight excluding hydrogens is 278 g/mol. The molecule has 21 heavy (non-hydrogen) atoms. The van der Waals surface area contributed by atoms with Crippen LogP contribution >= 0.6 is 0 Å². The zero-order chi connectivity index (χ0) is 16.0. The summed E-state index contributed by atoms with van der Waals surface area (Å²) in [6, 6.07) is 0. The highest BCUT2D eigenvalue weighted by Gasteiger charge is 2.24. The first kappa shape index (κ1) is 16.9. The van der Waals surface area contributed by atoms with Crippen molar-refractivity contribution >= 4 is 24.4 Å². The normalized spacial score (nSPS) is 17.3. The molecule has 2 amide bonds. The van der Waals surface area contributed by atoms with E-state index >= 15 is 0 Å². The van der Waals surface area contributed by atoms with Crippen molar-refractivity contribution in [2.45, 2.75) is 39.2 Å². The molecule has 8 heteroatoms. The van der Waals surface area contributed by atoms with Crippen LogP contribution in [0, 0.1) is 5.92 Å². The van der Waals surface area contributed by atoms with Crippen molar-refractivity contribution in [3.05, 3.63) is 0 Å². The van der Waals surface area contributed by atoms with E-state index in [0.717, 1.165) is 6.29 Å². The average molecular weight is 299 g/mol. The molecule has 1 rings (SSSR count). The molecule has 0 radical (unpaired) electrons. The highest BCUT2D eigenvalue weighted by atomic mass is 16.6. The molecule has 2 N–H and O–H groups in total. The molecule has 0 unspecified atom stereocenters. The Balaban J connectivity index is 2.78. The van der Waals surface area contributed by atoms with Crippen LogP contribution in [0.2, 0.25) is 0 Å². The van der Waals surface area contributed by atoms with Gasteiger partial charge >= 0.3 is 12.2 Å². The summed E-state index contributed by atoms with van der Waals surface area (Å²) >= 11 is 0. The number of nitrogens with zero attached hydrogens (tertiary/aromatic N) is 2. The van der Waals surface area contributed by atoms with Gasteiger partial charge in [0.2, 0.25) is 5.96 Å². The Labute approximate surface area is 123 Å². The van der Waals surface area contributed by atoms with Crippen molar-refractivity contribution in [1.29, 1.82) is 0 Å². The minimum absolute atomic E-state index is 0.0335. The van der Waals surface area contributed by atoms with Crippen molar-refractivity contribution in [3.63, 3.8) is 0 Å². The van der Waals surface area contributed by atoms with Gasteiger partial charge in [0.1, 0.15) is 11.9 Å². The Bertz CT molecular complexity index is 434. The number of likely N-dealkylation sites (tertiary alicyclic amines) is 1. The summed E-state index contributed by atoms with van der Waals surface area (Å²) in [5.74, 6) is -0.102. The first-order valence-electron chi connectivity index (χ1n) is 6.73. The summed E-state index contributed by atoms with van der Waals surface area (Å²) < 4.78 is 5.04. The summed E-state index contributed by atoms with van der Waals surface area (Å²) in [7, 11) is 0. The van der Waals surface area contributed by atoms with Gasteiger partial charge in [-0.25, -0.2) is 9.59 Å². The van der Waals surface area contributed by atoms with E-state index in [9.17, 15) is 14.4 Å². The molecule has 8 nitrogen and oxygen atoms in total. The van der Waals surface area contributed by atoms with Crippen LogP contribution in [0.3, 0.4) is 0 Å². The minimum atomic E-state index is -1.31. The second kappa shape index (κ2) is 7.05. The van der Waals surface area contributed by atoms with E-state index in [1.54, 1.807) is 25.7 Å². The SMILES string of the molecule is CC(C)(C)OC(=O)N=C(NC(=O)O)N1CCC(C=O)CC1. The molecule has 0 aromatic rings. The highest BCUT2D eigenvalue weighted by molar-refractivity contribution is 5.98. The quantitative estimate of drug-likeness (QED) is 0.431. The van der Waals surface area contributed by atoms with Gasteiger partial charge in [-0.05, 0) is 33.6 Å². The van der Waals surface area contributed by atoms with Gasteiger partial charge in [0.25, 0.3) is 0 Å². The highest BCUT2D eigenvalue weighted by Crippen LogP contribution is 2.15. The molecule has 118 valence electrons. The van der Waals surface area contributed by atoms with Gasteiger partial charge in [-0.15, -0.1) is 4.99 Å². The Morgan fingerprint density at radius 3 is 2.33 bits per heavy atom. The van der Waals surface area contributed by atoms with Crippen molar-refractivity contribution < 1.29 is 24.2 Å². The molecule has 0 bridgehead atoms. The first-order chi connectivity index (χ1) is 9.71. The number of rotatable bonds is 1. The van der Waals surface area contributed by atoms with Gasteiger partial charge in [0.15, 0.2) is 0 Å². The van der Waals surface area contributed by atoms with Gasteiger partial charge in [-0.3, -0.25) is 5.32 Å². The summed E-state index contributed by atoms with van der Waals surface area (Å²) in [4.78, 5) is 38.5. The van der Waals surface area contributed by atoms with Crippen LogP contribution in [0.5, 0.6) is 0 Å². The third-order valence-electron chi connectivity index (χ3n) is 2.84. The van der Waals surface area contributed by atoms with Gasteiger partial charge in [0.05, 0.1) is 0 Å². The molecule has 1 heterocycles. The lowest BCUT2D eigenvalue weighted by atomic mass is 9.99. The number of piperidine rings is 1. The minimum Gasteiger partial charge on any atom is -0.465 e. The number of aliphatic imine (C=N–C) groups is 1. The lowest BCUT2D eigenvalue weighted by Crippen LogP contribution is -2.48. The van der Waals surface area contributed by atoms with E-state index in [-0.39, 0.29) is 11.9 Å². The average Bonchev–Trinajstić information content (AvgIpc) is 2.35. The van der Waals surface area contributed by atoms with Crippen molar-refractivity contribution in [3.8, 4) is 0 Å². The van der Waals surface area contributed by atoms with Crippen LogP contribution in [0.25, 0.3) is 0 Å². The van der Waals surface area contributed by atoms with Crippen LogP contribution in [-0.2, 0) is 9.53 Å². The molecule has 0 aromatic carbocycles. The maximum absolute atomic E-state index is 11.7. The Morgan fingerprint density at radius 2 is 1.90 bits per heavy atom. The fraction of sp³-hybridized carbons (Fsp3) is 0.692. The molecular formula is C13H21N3O5. The molecule has 0 aliphatic carbocycles. The van der Waals surface area contributed by atoms with E-state index in [4.69, 9.17) is 9.84 Å². The number of carbonyl (C=O) groups is 3. The van der Waals surface area contributed by atoms with E-state index in [0.29, 0.717) is 25.9 Å². The Hall–Kier alpha value is -2.12. The molecule has 1 saturated heterocycles. The maximum atomic E-state index is 11.7. The smallest absolute Gasteiger partial charge is 0.437 e. The first-order valence-corrected chi connectivity index (χ1v) is 6.73. The van der Waals surface area contributed by atoms with Gasteiger partial charge < -0.3 is 19.5 Å². The number of ether oxygens (including phenoxy) is 1. The fourth-order valence-electron chi connectivity index (χ4n) is 1.89. The molecule has 0 aromatic heterocycles. The van der Waals surface area contributed by atoms with Gasteiger partial charge in [-0.2, -0.15) is 0 Å². The third-order valence-corrected chi connectivity index (χ3v) is 2.84. The summed E-state index contributed by atoms with van der Waals surface area (Å²) in [6.45, 7) is 5.98. The zero-order valence-corrected chi connectivity index (χ0v) is 12.5. The van der Waals surface area contributed by atoms with Crippen molar-refractivity contribution in [2.24, 2.45) is 10.9 Å². The maximum Gasteiger partial charge on any atom is 0.437 e. The van der Waals surface area contributed by atoms with Gasteiger partial charge in [0, 0.05) is 19.0 Å². The zero-order valence-electron chi connectivity index (χ0n) is 12.5. The summed E-state index contributed by atoms with van der Waals surface area (Å²) in [6.07, 6.45) is -0.0817. The largest absolute Gasteiger partial charge is 0.465 e. The van der Waals surface area contributed by atoms with Gasteiger partial charge in [-0.1, -0.05) is 0 Å². The topological polar surface area (TPSA) is 108 Å². The van der Waals surface area contributed by atoms with E-state index < -0.39 is 17.8 Å². The number of hydrogen-bond donors (Lipinski definition) is 2. The van der Waals surface area contributed by atoms with Crippen molar-refractivity contribution in [2.75, 3.05) is 13.1 Å². The standard InChI is InChI=1S/C13H21N3O5/c1-13(2,3)21-12(20)15-10(14-11(18)19)16-6-4-9(8-17)5-7-16/h8-9H,4-7H2,1-3H3,(H,18,19)(H,14,15,20). The lowest BCUT2D eigenvalue weighted by Gasteiger charge is -2.31. The van der Waals surface area contributed by atoms with Crippen LogP contribution in [-0.4, -0.2) is 53.1 Å². The number of hydrogen-bond acceptors (Lipinski definition) is 4. The number of carbonyl (C=O) groups excluding carboxylic acids is 2. The molecule has 0 atom stereocenters. The fourth-order valence-corrected chi connectivity index (χ4v) is 1.89. The molecule has 0 spiro atoms. The lowest BCUT2D eigenvalue weighted by molar-refractivity contribution is -0.112. The van der Waals surface area contributed by atoms with Crippen LogP contribution in [0.15, 0.2) is 4.99 Å². The predicted octanol–water partition coefficient (Wildman–Crippen LogP) is 1.46. The van der Waals surface area contributed by atoms with Crippen LogP contribution in [0.1, 0.15) is 33.6 Å².